The molecule has 5 N–H and O–H groups in total. The molecule has 3 fully saturated rings. The minimum absolute atomic E-state index is 0.0540. The molecule has 2 unspecified atom stereocenters. The Morgan fingerprint density at radius 3 is 2.30 bits per heavy atom. The third kappa shape index (κ3) is 8.41. The molecule has 44 heavy (non-hydrogen) atoms. The zero-order chi connectivity index (χ0) is 32.2. The summed E-state index contributed by atoms with van der Waals surface area (Å²) in [5.74, 6) is -2.19. The number of urea groups is 1. The van der Waals surface area contributed by atoms with E-state index in [1.807, 2.05) is 26.8 Å². The highest BCUT2D eigenvalue weighted by Gasteiger charge is 2.47. The van der Waals surface area contributed by atoms with Crippen LogP contribution in [0.1, 0.15) is 98.0 Å². The summed E-state index contributed by atoms with van der Waals surface area (Å²) in [6.07, 6.45) is 11.4. The van der Waals surface area contributed by atoms with Crippen LogP contribution >= 0.6 is 0 Å². The van der Waals surface area contributed by atoms with Crippen LogP contribution in [0, 0.1) is 23.2 Å². The van der Waals surface area contributed by atoms with Crippen molar-refractivity contribution >= 4 is 29.5 Å². The van der Waals surface area contributed by atoms with Crippen LogP contribution < -0.4 is 21.7 Å². The van der Waals surface area contributed by atoms with Gasteiger partial charge in [-0.1, -0.05) is 66.7 Å². The number of hydrogen-bond donors (Lipinski definition) is 4. The van der Waals surface area contributed by atoms with E-state index >= 15 is 0 Å². The van der Waals surface area contributed by atoms with Crippen LogP contribution in [0.25, 0.3) is 0 Å². The lowest BCUT2D eigenvalue weighted by atomic mass is 9.78. The maximum Gasteiger partial charge on any atom is 0.315 e. The topological polar surface area (TPSA) is 164 Å². The SMILES string of the molecule is CC(C)C1C[C@@H](C(=O)NC(CC2CC2)C(=O)C(N)=O)N(C(=O)[C@@H](NC(=O)NC2(Cc3ccoc3)CCCCC2)C(C)(C)C)C1. The normalized spacial score (nSPS) is 23.1. The fourth-order valence-electron chi connectivity index (χ4n) is 6.78. The third-order valence-electron chi connectivity index (χ3n) is 9.70. The van der Waals surface area contributed by atoms with Gasteiger partial charge in [-0.15, -0.1) is 0 Å². The number of nitrogens with two attached hydrogens (primary N) is 1. The summed E-state index contributed by atoms with van der Waals surface area (Å²) in [6.45, 7) is 10.1. The molecule has 1 aliphatic heterocycles. The summed E-state index contributed by atoms with van der Waals surface area (Å²) in [4.78, 5) is 67.5. The molecule has 2 heterocycles. The van der Waals surface area contributed by atoms with Gasteiger partial charge in [0, 0.05) is 12.1 Å². The zero-order valence-electron chi connectivity index (χ0n) is 26.9. The van der Waals surface area contributed by atoms with Crippen molar-refractivity contribution < 1.29 is 28.4 Å². The van der Waals surface area contributed by atoms with Gasteiger partial charge in [-0.3, -0.25) is 19.2 Å². The molecule has 0 radical (unpaired) electrons. The minimum Gasteiger partial charge on any atom is -0.472 e. The molecule has 5 amide bonds. The van der Waals surface area contributed by atoms with Gasteiger partial charge in [0.1, 0.15) is 12.1 Å². The van der Waals surface area contributed by atoms with Crippen LogP contribution in [0.4, 0.5) is 4.79 Å². The quantitative estimate of drug-likeness (QED) is 0.264. The first-order valence-corrected chi connectivity index (χ1v) is 16.2. The standard InChI is InChI=1S/C33H51N5O6/c1-20(2)23-16-25(29(41)35-24(15-21-9-10-21)26(39)28(34)40)38(18-23)30(42)27(32(3,4)5)36-31(43)37-33(12-7-6-8-13-33)17-22-11-14-44-19-22/h11,14,19-21,23-25,27H,6-10,12-13,15-18H2,1-5H3,(H2,34,40)(H,35,41)(H2,36,37,43)/t23?,24?,25-,27+/m0/s1. The molecule has 244 valence electrons. The van der Waals surface area contributed by atoms with Crippen LogP contribution in [0.2, 0.25) is 0 Å². The maximum atomic E-state index is 14.3. The Bertz CT molecular complexity index is 1200. The highest BCUT2D eigenvalue weighted by Crippen LogP contribution is 2.35. The van der Waals surface area contributed by atoms with Crippen molar-refractivity contribution in [2.24, 2.45) is 28.9 Å². The summed E-state index contributed by atoms with van der Waals surface area (Å²) in [5.41, 5.74) is 5.20. The molecule has 0 bridgehead atoms. The molecule has 11 nitrogen and oxygen atoms in total. The Kier molecular flexibility index (Phi) is 10.5. The summed E-state index contributed by atoms with van der Waals surface area (Å²) in [7, 11) is 0. The molecule has 2 saturated carbocycles. The lowest BCUT2D eigenvalue weighted by molar-refractivity contribution is -0.143. The highest BCUT2D eigenvalue weighted by atomic mass is 16.3. The number of furan rings is 1. The van der Waals surface area contributed by atoms with Crippen molar-refractivity contribution in [2.75, 3.05) is 6.54 Å². The Hall–Kier alpha value is -3.37. The highest BCUT2D eigenvalue weighted by molar-refractivity contribution is 6.37. The zero-order valence-corrected chi connectivity index (χ0v) is 26.9. The largest absolute Gasteiger partial charge is 0.472 e. The number of Topliss-reactive ketones (excluding diaryl/α,β-unsaturated/α-hetero) is 1. The predicted octanol–water partition coefficient (Wildman–Crippen LogP) is 3.45. The second kappa shape index (κ2) is 13.7. The van der Waals surface area contributed by atoms with E-state index in [2.05, 4.69) is 29.8 Å². The molecule has 1 aromatic rings. The number of likely N-dealkylation sites (tertiary alicyclic amines) is 1. The number of ketones is 1. The van der Waals surface area contributed by atoms with Gasteiger partial charge in [-0.05, 0) is 66.9 Å². The molecule has 3 aliphatic rings. The van der Waals surface area contributed by atoms with Gasteiger partial charge in [0.15, 0.2) is 0 Å². The summed E-state index contributed by atoms with van der Waals surface area (Å²) in [5, 5.41) is 8.98. The number of primary amides is 1. The first-order valence-electron chi connectivity index (χ1n) is 16.2. The Labute approximate surface area is 260 Å². The van der Waals surface area contributed by atoms with E-state index in [0.717, 1.165) is 50.5 Å². The lowest BCUT2D eigenvalue weighted by Crippen LogP contribution is -2.62. The average Bonchev–Trinajstić information content (AvgIpc) is 3.40. The minimum atomic E-state index is -1.08. The third-order valence-corrected chi connectivity index (χ3v) is 9.70. The first-order chi connectivity index (χ1) is 20.7. The molecule has 4 atom stereocenters. The summed E-state index contributed by atoms with van der Waals surface area (Å²) >= 11 is 0. The lowest BCUT2D eigenvalue weighted by Gasteiger charge is -2.40. The van der Waals surface area contributed by atoms with Crippen molar-refractivity contribution in [3.8, 4) is 0 Å². The smallest absolute Gasteiger partial charge is 0.315 e. The van der Waals surface area contributed by atoms with Crippen LogP contribution in [0.3, 0.4) is 0 Å². The van der Waals surface area contributed by atoms with Crippen molar-refractivity contribution in [3.63, 3.8) is 0 Å². The van der Waals surface area contributed by atoms with Gasteiger partial charge in [-0.25, -0.2) is 4.79 Å². The van der Waals surface area contributed by atoms with Gasteiger partial charge in [-0.2, -0.15) is 0 Å². The van der Waals surface area contributed by atoms with Crippen molar-refractivity contribution in [2.45, 2.75) is 122 Å². The van der Waals surface area contributed by atoms with E-state index in [1.54, 1.807) is 17.4 Å². The van der Waals surface area contributed by atoms with Crippen LogP contribution in [-0.4, -0.2) is 64.6 Å². The molecule has 2 aliphatic carbocycles. The van der Waals surface area contributed by atoms with Crippen LogP contribution in [0.15, 0.2) is 23.0 Å². The van der Waals surface area contributed by atoms with E-state index in [4.69, 9.17) is 10.2 Å². The van der Waals surface area contributed by atoms with Crippen molar-refractivity contribution in [1.29, 1.82) is 0 Å². The average molecular weight is 614 g/mol. The number of hydrogen-bond acceptors (Lipinski definition) is 6. The molecule has 0 aromatic carbocycles. The molecule has 4 rings (SSSR count). The summed E-state index contributed by atoms with van der Waals surface area (Å²) < 4.78 is 5.28. The van der Waals surface area contributed by atoms with Gasteiger partial charge >= 0.3 is 6.03 Å². The van der Waals surface area contributed by atoms with E-state index in [9.17, 15) is 24.0 Å². The number of carbonyl (C=O) groups is 5. The van der Waals surface area contributed by atoms with E-state index in [-0.39, 0.29) is 23.7 Å². The van der Waals surface area contributed by atoms with Gasteiger partial charge in [0.25, 0.3) is 5.91 Å². The Balaban J connectivity index is 1.52. The molecule has 0 spiro atoms. The fraction of sp³-hybridized carbons (Fsp3) is 0.727. The van der Waals surface area contributed by atoms with Gasteiger partial charge in [0.2, 0.25) is 17.6 Å². The second-order valence-electron chi connectivity index (χ2n) is 14.8. The number of carbonyl (C=O) groups excluding carboxylic acids is 5. The van der Waals surface area contributed by atoms with Gasteiger partial charge < -0.3 is 31.0 Å². The monoisotopic (exact) mass is 613 g/mol. The van der Waals surface area contributed by atoms with Crippen LogP contribution in [-0.2, 0) is 25.6 Å². The molecule has 1 saturated heterocycles. The maximum absolute atomic E-state index is 14.3. The van der Waals surface area contributed by atoms with Crippen LogP contribution in [0.5, 0.6) is 0 Å². The van der Waals surface area contributed by atoms with Gasteiger partial charge in [0.05, 0.1) is 18.6 Å². The molecule has 1 aromatic heterocycles. The first kappa shape index (κ1) is 33.5. The van der Waals surface area contributed by atoms with E-state index in [1.165, 1.54) is 0 Å². The molecular formula is C33H51N5O6. The van der Waals surface area contributed by atoms with E-state index in [0.29, 0.717) is 25.8 Å². The predicted molar refractivity (Wildman–Crippen MR) is 165 cm³/mol. The van der Waals surface area contributed by atoms with E-state index < -0.39 is 52.7 Å². The second-order valence-corrected chi connectivity index (χ2v) is 14.8. The summed E-state index contributed by atoms with van der Waals surface area (Å²) in [6, 6.07) is -1.26. The molecule has 11 heteroatoms. The number of nitrogens with zero attached hydrogens (tertiary/aromatic N) is 1. The Morgan fingerprint density at radius 2 is 1.75 bits per heavy atom. The van der Waals surface area contributed by atoms with Crippen molar-refractivity contribution in [3.05, 3.63) is 24.2 Å². The Morgan fingerprint density at radius 1 is 1.07 bits per heavy atom. The number of nitrogens with one attached hydrogen (secondary N) is 3. The van der Waals surface area contributed by atoms with Crippen molar-refractivity contribution in [1.82, 2.24) is 20.9 Å². The molecular weight excluding hydrogens is 562 g/mol. The fourth-order valence-corrected chi connectivity index (χ4v) is 6.78. The number of rotatable bonds is 12. The number of amides is 5.